The van der Waals surface area contributed by atoms with Crippen LogP contribution in [0.15, 0.2) is 29.2 Å². The van der Waals surface area contributed by atoms with E-state index in [4.69, 9.17) is 4.74 Å². The maximum absolute atomic E-state index is 12.4. The third kappa shape index (κ3) is 3.55. The molecule has 2 atom stereocenters. The van der Waals surface area contributed by atoms with Gasteiger partial charge in [-0.1, -0.05) is 12.1 Å². The summed E-state index contributed by atoms with van der Waals surface area (Å²) in [5, 5.41) is 3.13. The first-order chi connectivity index (χ1) is 9.03. The number of nitrogens with one attached hydrogen (secondary N) is 1. The van der Waals surface area contributed by atoms with Crippen molar-refractivity contribution >= 4 is 9.84 Å². The van der Waals surface area contributed by atoms with E-state index in [-0.39, 0.29) is 17.7 Å². The van der Waals surface area contributed by atoms with Crippen LogP contribution in [0.25, 0.3) is 0 Å². The number of benzene rings is 1. The van der Waals surface area contributed by atoms with Crippen molar-refractivity contribution in [3.63, 3.8) is 0 Å². The Morgan fingerprint density at radius 2 is 2.26 bits per heavy atom. The minimum atomic E-state index is -3.25. The highest BCUT2D eigenvalue weighted by atomic mass is 32.2. The normalized spacial score (nSPS) is 21.5. The van der Waals surface area contributed by atoms with E-state index < -0.39 is 9.84 Å². The third-order valence-corrected chi connectivity index (χ3v) is 5.42. The fourth-order valence-electron chi connectivity index (χ4n) is 2.47. The van der Waals surface area contributed by atoms with Crippen LogP contribution in [0.4, 0.5) is 0 Å². The van der Waals surface area contributed by atoms with Crippen LogP contribution in [0.1, 0.15) is 12.0 Å². The van der Waals surface area contributed by atoms with Crippen LogP contribution in [0.2, 0.25) is 0 Å². The molecule has 1 aromatic rings. The van der Waals surface area contributed by atoms with Crippen molar-refractivity contribution in [2.24, 2.45) is 5.92 Å². The molecule has 1 aliphatic heterocycles. The van der Waals surface area contributed by atoms with E-state index >= 15 is 0 Å². The summed E-state index contributed by atoms with van der Waals surface area (Å²) in [6.07, 6.45) is 0.925. The first-order valence-electron chi connectivity index (χ1n) is 6.57. The van der Waals surface area contributed by atoms with Gasteiger partial charge in [-0.25, -0.2) is 8.42 Å². The van der Waals surface area contributed by atoms with Gasteiger partial charge in [0.15, 0.2) is 9.84 Å². The molecule has 0 amide bonds. The van der Waals surface area contributed by atoms with Crippen molar-refractivity contribution in [2.45, 2.75) is 24.3 Å². The summed E-state index contributed by atoms with van der Waals surface area (Å²) in [4.78, 5) is 0.409. The van der Waals surface area contributed by atoms with Crippen LogP contribution in [0, 0.1) is 12.8 Å². The molecular weight excluding hydrogens is 262 g/mol. The Labute approximate surface area is 115 Å². The minimum absolute atomic E-state index is 0.0481. The van der Waals surface area contributed by atoms with Crippen LogP contribution < -0.4 is 5.32 Å². The van der Waals surface area contributed by atoms with Crippen LogP contribution in [-0.2, 0) is 14.6 Å². The smallest absolute Gasteiger partial charge is 0.179 e. The van der Waals surface area contributed by atoms with E-state index in [0.717, 1.165) is 18.6 Å². The van der Waals surface area contributed by atoms with Crippen LogP contribution >= 0.6 is 0 Å². The number of hydrogen-bond donors (Lipinski definition) is 1. The topological polar surface area (TPSA) is 55.4 Å². The molecule has 1 fully saturated rings. The lowest BCUT2D eigenvalue weighted by Gasteiger charge is -2.21. The maximum Gasteiger partial charge on any atom is 0.179 e. The molecule has 5 heteroatoms. The Balaban J connectivity index is 2.15. The minimum Gasteiger partial charge on any atom is -0.381 e. The Morgan fingerprint density at radius 3 is 2.84 bits per heavy atom. The molecule has 1 heterocycles. The molecule has 19 heavy (non-hydrogen) atoms. The molecule has 0 spiro atoms. The largest absolute Gasteiger partial charge is 0.381 e. The van der Waals surface area contributed by atoms with Crippen LogP contribution in [0.5, 0.6) is 0 Å². The molecule has 106 valence electrons. The van der Waals surface area contributed by atoms with Gasteiger partial charge in [0.05, 0.1) is 17.3 Å². The highest BCUT2D eigenvalue weighted by molar-refractivity contribution is 7.91. The van der Waals surface area contributed by atoms with Crippen LogP contribution in [-0.4, -0.2) is 40.5 Å². The Hall–Kier alpha value is -0.910. The lowest BCUT2D eigenvalue weighted by molar-refractivity contribution is 0.179. The van der Waals surface area contributed by atoms with Gasteiger partial charge in [0, 0.05) is 18.6 Å². The Morgan fingerprint density at radius 1 is 1.47 bits per heavy atom. The molecule has 2 unspecified atom stereocenters. The van der Waals surface area contributed by atoms with E-state index in [0.29, 0.717) is 11.5 Å². The second-order valence-corrected chi connectivity index (χ2v) is 7.15. The van der Waals surface area contributed by atoms with E-state index in [9.17, 15) is 8.42 Å². The first-order valence-corrected chi connectivity index (χ1v) is 8.22. The summed E-state index contributed by atoms with van der Waals surface area (Å²) < 4.78 is 30.2. The van der Waals surface area contributed by atoms with Crippen molar-refractivity contribution in [2.75, 3.05) is 26.0 Å². The monoisotopic (exact) mass is 283 g/mol. The number of rotatable bonds is 5. The quantitative estimate of drug-likeness (QED) is 0.887. The Bertz CT molecular complexity index is 521. The third-order valence-electron chi connectivity index (χ3n) is 3.65. The molecule has 4 nitrogen and oxygen atoms in total. The van der Waals surface area contributed by atoms with Crippen LogP contribution in [0.3, 0.4) is 0 Å². The molecule has 1 aliphatic rings. The zero-order valence-corrected chi connectivity index (χ0v) is 12.2. The second-order valence-electron chi connectivity index (χ2n) is 5.12. The van der Waals surface area contributed by atoms with Gasteiger partial charge in [0.25, 0.3) is 0 Å². The fourth-order valence-corrected chi connectivity index (χ4v) is 4.22. The van der Waals surface area contributed by atoms with Gasteiger partial charge in [-0.05, 0) is 38.1 Å². The van der Waals surface area contributed by atoms with E-state index in [1.54, 1.807) is 18.2 Å². The molecule has 0 saturated carbocycles. The van der Waals surface area contributed by atoms with Crippen molar-refractivity contribution in [3.05, 3.63) is 29.8 Å². The summed E-state index contributed by atoms with van der Waals surface area (Å²) in [6.45, 7) is 3.28. The zero-order chi connectivity index (χ0) is 13.9. The SMILES string of the molecule is CNC(CS(=O)(=O)c1cccc(C)c1)C1CCOC1. The van der Waals surface area contributed by atoms with Crippen molar-refractivity contribution in [3.8, 4) is 0 Å². The molecule has 2 rings (SSSR count). The highest BCUT2D eigenvalue weighted by Gasteiger charge is 2.29. The molecule has 0 aromatic heterocycles. The van der Waals surface area contributed by atoms with Gasteiger partial charge in [-0.15, -0.1) is 0 Å². The Kier molecular flexibility index (Phi) is 4.60. The lowest BCUT2D eigenvalue weighted by atomic mass is 10.0. The predicted molar refractivity (Wildman–Crippen MR) is 75.0 cm³/mol. The maximum atomic E-state index is 12.4. The predicted octanol–water partition coefficient (Wildman–Crippen LogP) is 1.39. The standard InChI is InChI=1S/C14H21NO3S/c1-11-4-3-5-13(8-11)19(16,17)10-14(15-2)12-6-7-18-9-12/h3-5,8,12,14-15H,6-7,9-10H2,1-2H3. The number of aryl methyl sites for hydroxylation is 1. The molecule has 1 aromatic carbocycles. The zero-order valence-electron chi connectivity index (χ0n) is 11.4. The van der Waals surface area contributed by atoms with Gasteiger partial charge < -0.3 is 10.1 Å². The highest BCUT2D eigenvalue weighted by Crippen LogP contribution is 2.21. The molecule has 0 aliphatic carbocycles. The molecular formula is C14H21NO3S. The van der Waals surface area contributed by atoms with Crippen molar-refractivity contribution in [1.82, 2.24) is 5.32 Å². The molecule has 1 saturated heterocycles. The number of hydrogen-bond acceptors (Lipinski definition) is 4. The van der Waals surface area contributed by atoms with E-state index in [2.05, 4.69) is 5.32 Å². The van der Waals surface area contributed by atoms with Gasteiger partial charge in [0.1, 0.15) is 0 Å². The summed E-state index contributed by atoms with van der Waals surface area (Å²) in [6, 6.07) is 7.04. The average molecular weight is 283 g/mol. The lowest BCUT2D eigenvalue weighted by Crippen LogP contribution is -2.40. The summed E-state index contributed by atoms with van der Waals surface area (Å²) in [7, 11) is -1.44. The van der Waals surface area contributed by atoms with Crippen molar-refractivity contribution < 1.29 is 13.2 Å². The van der Waals surface area contributed by atoms with Crippen molar-refractivity contribution in [1.29, 1.82) is 0 Å². The number of ether oxygens (including phenoxy) is 1. The molecule has 1 N–H and O–H groups in total. The summed E-state index contributed by atoms with van der Waals surface area (Å²) >= 11 is 0. The number of sulfone groups is 1. The summed E-state index contributed by atoms with van der Waals surface area (Å²) in [5.74, 6) is 0.408. The van der Waals surface area contributed by atoms with Gasteiger partial charge in [-0.2, -0.15) is 0 Å². The average Bonchev–Trinajstić information content (AvgIpc) is 2.90. The molecule has 0 radical (unpaired) electrons. The summed E-state index contributed by atoms with van der Waals surface area (Å²) in [5.41, 5.74) is 0.964. The van der Waals surface area contributed by atoms with Gasteiger partial charge in [-0.3, -0.25) is 0 Å². The van der Waals surface area contributed by atoms with E-state index in [1.807, 2.05) is 20.0 Å². The first kappa shape index (κ1) is 14.5. The fraction of sp³-hybridized carbons (Fsp3) is 0.571. The molecule has 0 bridgehead atoms. The van der Waals surface area contributed by atoms with Gasteiger partial charge >= 0.3 is 0 Å². The second kappa shape index (κ2) is 6.03. The van der Waals surface area contributed by atoms with Gasteiger partial charge in [0.2, 0.25) is 0 Å². The van der Waals surface area contributed by atoms with E-state index in [1.165, 1.54) is 0 Å².